The van der Waals surface area contributed by atoms with Crippen LogP contribution in [0.2, 0.25) is 35.2 Å². The van der Waals surface area contributed by atoms with E-state index in [0.29, 0.717) is 6.92 Å². The summed E-state index contributed by atoms with van der Waals surface area (Å²) in [4.78, 5) is 0. The Morgan fingerprint density at radius 3 is 1.91 bits per heavy atom. The van der Waals surface area contributed by atoms with Gasteiger partial charge >= 0.3 is 143 Å². The summed E-state index contributed by atoms with van der Waals surface area (Å²) < 4.78 is 6.60. The molecule has 0 unspecified atom stereocenters. The van der Waals surface area contributed by atoms with Crippen molar-refractivity contribution in [1.29, 1.82) is 0 Å². The van der Waals surface area contributed by atoms with E-state index in [-0.39, 0.29) is 0 Å². The van der Waals surface area contributed by atoms with Crippen molar-refractivity contribution >= 4 is 27.2 Å². The van der Waals surface area contributed by atoms with Crippen molar-refractivity contribution < 1.29 is 3.68 Å². The summed E-state index contributed by atoms with van der Waals surface area (Å²) >= 11 is -1.98. The van der Waals surface area contributed by atoms with Gasteiger partial charge in [-0.15, -0.1) is 0 Å². The van der Waals surface area contributed by atoms with Crippen LogP contribution in [0.3, 0.4) is 0 Å². The molecular weight excluding hydrogens is 326 g/mol. The molecule has 124 valence electrons. The first-order valence-corrected chi connectivity index (χ1v) is 16.9. The molecule has 0 aromatic carbocycles. The van der Waals surface area contributed by atoms with Crippen molar-refractivity contribution in [2.24, 2.45) is 0 Å². The SMILES string of the molecule is CCB([O][Ge]([CH3])([CH3])[CH3])/C(CC)=C(/C)B1C2CCCC1CCC2. The fourth-order valence-electron chi connectivity index (χ4n) is 5.19. The first kappa shape index (κ1) is 18.7. The number of hydrogen-bond donors (Lipinski definition) is 0. The van der Waals surface area contributed by atoms with Crippen molar-refractivity contribution in [2.75, 3.05) is 0 Å². The summed E-state index contributed by atoms with van der Waals surface area (Å²) in [6, 6.07) is 0. The molecule has 0 radical (unpaired) electrons. The molecule has 22 heavy (non-hydrogen) atoms. The van der Waals surface area contributed by atoms with Crippen molar-refractivity contribution in [3.8, 4) is 0 Å². The third kappa shape index (κ3) is 4.47. The maximum atomic E-state index is 6.60. The molecule has 2 rings (SSSR count). The van der Waals surface area contributed by atoms with Gasteiger partial charge in [-0.25, -0.2) is 0 Å². The molecule has 1 nitrogen and oxygen atoms in total. The first-order chi connectivity index (χ1) is 10.4. The van der Waals surface area contributed by atoms with E-state index >= 15 is 0 Å². The fraction of sp³-hybridized carbons (Fsp3) is 0.889. The third-order valence-electron chi connectivity index (χ3n) is 5.96. The van der Waals surface area contributed by atoms with Crippen LogP contribution in [0.4, 0.5) is 0 Å². The van der Waals surface area contributed by atoms with Crippen LogP contribution in [0.1, 0.15) is 65.7 Å². The topological polar surface area (TPSA) is 9.23 Å². The molecule has 2 aliphatic heterocycles. The maximum absolute atomic E-state index is 6.60. The average molecular weight is 363 g/mol. The standard InChI is InChI=1S/C18H36B2GeO/c1-7-18(19(8-2)22-21(4,5)6)15(3)20-16-11-9-12-17(20)14-10-13-16/h16-17H,7-14H2,1-6H3/b18-15-. The summed E-state index contributed by atoms with van der Waals surface area (Å²) in [7, 11) is 0. The molecule has 0 aromatic rings. The second-order valence-corrected chi connectivity index (χ2v) is 18.0. The fourth-order valence-corrected chi connectivity index (χ4v) is 7.62. The zero-order valence-corrected chi connectivity index (χ0v) is 18.0. The summed E-state index contributed by atoms with van der Waals surface area (Å²) in [5.74, 6) is 9.08. The van der Waals surface area contributed by atoms with E-state index in [1.54, 1.807) is 10.9 Å². The van der Waals surface area contributed by atoms with Gasteiger partial charge in [0.2, 0.25) is 0 Å². The van der Waals surface area contributed by atoms with Crippen molar-refractivity contribution in [3.05, 3.63) is 10.9 Å². The molecule has 4 heteroatoms. The number of allylic oxidation sites excluding steroid dienone is 2. The van der Waals surface area contributed by atoms with Gasteiger partial charge in [-0.2, -0.15) is 0 Å². The summed E-state index contributed by atoms with van der Waals surface area (Å²) in [5.41, 5.74) is 3.39. The normalized spacial score (nSPS) is 26.7. The zero-order chi connectivity index (χ0) is 16.3. The van der Waals surface area contributed by atoms with Crippen molar-refractivity contribution in [1.82, 2.24) is 0 Å². The van der Waals surface area contributed by atoms with Crippen LogP contribution in [0.5, 0.6) is 0 Å². The second-order valence-electron chi connectivity index (χ2n) is 8.60. The Bertz CT molecular complexity index is 380. The van der Waals surface area contributed by atoms with Crippen LogP contribution in [0.15, 0.2) is 10.9 Å². The molecule has 0 N–H and O–H groups in total. The van der Waals surface area contributed by atoms with Crippen LogP contribution in [0.25, 0.3) is 0 Å². The molecule has 0 aromatic heterocycles. The third-order valence-corrected chi connectivity index (χ3v) is 8.04. The average Bonchev–Trinajstić information content (AvgIpc) is 2.44. The first-order valence-electron chi connectivity index (χ1n) is 9.74. The predicted molar refractivity (Wildman–Crippen MR) is 105 cm³/mol. The Kier molecular flexibility index (Phi) is 6.77. The molecule has 0 amide bonds. The Morgan fingerprint density at radius 2 is 1.55 bits per heavy atom. The van der Waals surface area contributed by atoms with Gasteiger partial charge in [0, 0.05) is 0 Å². The molecule has 2 aliphatic rings. The van der Waals surface area contributed by atoms with Gasteiger partial charge in [0.15, 0.2) is 0 Å². The van der Waals surface area contributed by atoms with Crippen LogP contribution >= 0.6 is 0 Å². The molecule has 0 atom stereocenters. The van der Waals surface area contributed by atoms with Gasteiger partial charge in [-0.3, -0.25) is 0 Å². The van der Waals surface area contributed by atoms with E-state index in [0.717, 1.165) is 24.7 Å². The molecule has 0 aliphatic carbocycles. The minimum absolute atomic E-state index is 0.396. The van der Waals surface area contributed by atoms with E-state index in [1.165, 1.54) is 44.9 Å². The summed E-state index contributed by atoms with van der Waals surface area (Å²) in [5, 5.41) is 0. The Balaban J connectivity index is 2.26. The summed E-state index contributed by atoms with van der Waals surface area (Å²) in [6.07, 6.45) is 11.2. The van der Waals surface area contributed by atoms with E-state index in [4.69, 9.17) is 3.68 Å². The molecule has 2 bridgehead atoms. The molecule has 2 saturated heterocycles. The quantitative estimate of drug-likeness (QED) is 0.507. The molecular formula is C18H36B2GeO. The van der Waals surface area contributed by atoms with Crippen LogP contribution in [-0.2, 0) is 3.68 Å². The van der Waals surface area contributed by atoms with E-state index < -0.39 is 13.6 Å². The minimum atomic E-state index is -1.98. The van der Waals surface area contributed by atoms with E-state index in [9.17, 15) is 0 Å². The number of hydrogen-bond acceptors (Lipinski definition) is 1. The van der Waals surface area contributed by atoms with E-state index in [1.807, 2.05) is 0 Å². The number of fused-ring (bicyclic) bond motifs is 2. The van der Waals surface area contributed by atoms with Gasteiger partial charge in [0.25, 0.3) is 0 Å². The predicted octanol–water partition coefficient (Wildman–Crippen LogP) is 6.26. The zero-order valence-electron chi connectivity index (χ0n) is 15.9. The monoisotopic (exact) mass is 364 g/mol. The van der Waals surface area contributed by atoms with Gasteiger partial charge < -0.3 is 0 Å². The van der Waals surface area contributed by atoms with Gasteiger partial charge in [-0.05, 0) is 0 Å². The Morgan fingerprint density at radius 1 is 1.05 bits per heavy atom. The molecule has 2 fully saturated rings. The van der Waals surface area contributed by atoms with Crippen LogP contribution in [0, 0.1) is 0 Å². The summed E-state index contributed by atoms with van der Waals surface area (Å²) in [6.45, 7) is 8.39. The van der Waals surface area contributed by atoms with E-state index in [2.05, 4.69) is 38.0 Å². The van der Waals surface area contributed by atoms with Crippen molar-refractivity contribution in [2.45, 2.75) is 101 Å². The number of rotatable bonds is 6. The van der Waals surface area contributed by atoms with Crippen LogP contribution < -0.4 is 0 Å². The Hall–Kier alpha value is 0.373. The molecule has 0 spiro atoms. The second kappa shape index (κ2) is 7.96. The molecule has 2 heterocycles. The molecule has 0 saturated carbocycles. The Labute approximate surface area is 142 Å². The van der Waals surface area contributed by atoms with Crippen LogP contribution in [-0.4, -0.2) is 27.2 Å². The van der Waals surface area contributed by atoms with Gasteiger partial charge in [-0.1, -0.05) is 0 Å². The van der Waals surface area contributed by atoms with Gasteiger partial charge in [0.05, 0.1) is 0 Å². The van der Waals surface area contributed by atoms with Gasteiger partial charge in [0.1, 0.15) is 0 Å². The van der Waals surface area contributed by atoms with Crippen molar-refractivity contribution in [3.63, 3.8) is 0 Å².